The molecule has 82 valence electrons. The molecule has 0 aliphatic heterocycles. The summed E-state index contributed by atoms with van der Waals surface area (Å²) in [6, 6.07) is 0. The van der Waals surface area contributed by atoms with Gasteiger partial charge in [-0.2, -0.15) is 0 Å². The summed E-state index contributed by atoms with van der Waals surface area (Å²) < 4.78 is 0. The molecule has 1 aliphatic carbocycles. The van der Waals surface area contributed by atoms with Crippen molar-refractivity contribution >= 4 is 11.3 Å². The highest BCUT2D eigenvalue weighted by atomic mass is 32.1. The molecule has 0 radical (unpaired) electrons. The Morgan fingerprint density at radius 1 is 1.47 bits per heavy atom. The molecular formula is C13H18OS. The van der Waals surface area contributed by atoms with Crippen LogP contribution in [0.4, 0.5) is 0 Å². The third kappa shape index (κ3) is 1.88. The van der Waals surface area contributed by atoms with Crippen LogP contribution >= 0.6 is 11.3 Å². The lowest BCUT2D eigenvalue weighted by Crippen LogP contribution is -2.27. The van der Waals surface area contributed by atoms with Gasteiger partial charge in [0.2, 0.25) is 0 Å². The minimum Gasteiger partial charge on any atom is -0.381 e. The quantitative estimate of drug-likeness (QED) is 0.721. The maximum absolute atomic E-state index is 10.6. The van der Waals surface area contributed by atoms with Gasteiger partial charge in [0, 0.05) is 10.4 Å². The summed E-state index contributed by atoms with van der Waals surface area (Å²) in [7, 11) is 0. The Hall–Kier alpha value is -0.600. The van der Waals surface area contributed by atoms with E-state index in [2.05, 4.69) is 32.2 Å². The van der Waals surface area contributed by atoms with Gasteiger partial charge in [0.15, 0.2) is 0 Å². The molecule has 0 saturated heterocycles. The van der Waals surface area contributed by atoms with Crippen molar-refractivity contribution in [3.8, 4) is 0 Å². The van der Waals surface area contributed by atoms with Gasteiger partial charge in [0.25, 0.3) is 0 Å². The smallest absolute Gasteiger partial charge is 0.109 e. The van der Waals surface area contributed by atoms with Crippen molar-refractivity contribution in [2.75, 3.05) is 0 Å². The van der Waals surface area contributed by atoms with Crippen LogP contribution in [0.1, 0.15) is 35.8 Å². The van der Waals surface area contributed by atoms with Crippen LogP contribution in [0.3, 0.4) is 0 Å². The SMILES string of the molecule is Cc1csc(C)c1C1(O)C=CC(C)CC1. The van der Waals surface area contributed by atoms with Gasteiger partial charge in [-0.3, -0.25) is 0 Å². The minimum absolute atomic E-state index is 0.601. The van der Waals surface area contributed by atoms with E-state index in [0.717, 1.165) is 18.4 Å². The largest absolute Gasteiger partial charge is 0.381 e. The second-order valence-electron chi connectivity index (χ2n) is 4.65. The Bertz CT molecular complexity index is 372. The first-order valence-corrected chi connectivity index (χ1v) is 6.38. The van der Waals surface area contributed by atoms with Gasteiger partial charge in [-0.15, -0.1) is 11.3 Å². The molecule has 1 nitrogen and oxygen atoms in total. The van der Waals surface area contributed by atoms with Gasteiger partial charge in [-0.05, 0) is 43.6 Å². The summed E-state index contributed by atoms with van der Waals surface area (Å²) in [5.74, 6) is 0.601. The van der Waals surface area contributed by atoms with Crippen molar-refractivity contribution in [1.29, 1.82) is 0 Å². The fourth-order valence-electron chi connectivity index (χ4n) is 2.38. The monoisotopic (exact) mass is 222 g/mol. The summed E-state index contributed by atoms with van der Waals surface area (Å²) in [5, 5.41) is 12.8. The molecule has 2 unspecified atom stereocenters. The van der Waals surface area contributed by atoms with Gasteiger partial charge in [0.1, 0.15) is 5.60 Å². The topological polar surface area (TPSA) is 20.2 Å². The van der Waals surface area contributed by atoms with Crippen molar-refractivity contribution in [2.45, 2.75) is 39.2 Å². The van der Waals surface area contributed by atoms with Crippen molar-refractivity contribution < 1.29 is 5.11 Å². The van der Waals surface area contributed by atoms with E-state index in [1.165, 1.54) is 10.4 Å². The molecule has 1 N–H and O–H groups in total. The van der Waals surface area contributed by atoms with Crippen molar-refractivity contribution in [3.63, 3.8) is 0 Å². The van der Waals surface area contributed by atoms with E-state index in [-0.39, 0.29) is 0 Å². The van der Waals surface area contributed by atoms with Gasteiger partial charge < -0.3 is 5.11 Å². The van der Waals surface area contributed by atoms with E-state index >= 15 is 0 Å². The van der Waals surface area contributed by atoms with Gasteiger partial charge in [0.05, 0.1) is 0 Å². The molecule has 0 aromatic carbocycles. The number of rotatable bonds is 1. The van der Waals surface area contributed by atoms with Crippen LogP contribution < -0.4 is 0 Å². The molecule has 0 spiro atoms. The van der Waals surface area contributed by atoms with Crippen LogP contribution in [0.5, 0.6) is 0 Å². The highest BCUT2D eigenvalue weighted by Gasteiger charge is 2.32. The first-order valence-electron chi connectivity index (χ1n) is 5.50. The zero-order valence-electron chi connectivity index (χ0n) is 9.58. The van der Waals surface area contributed by atoms with Crippen LogP contribution in [-0.2, 0) is 5.60 Å². The number of aliphatic hydroxyl groups is 1. The number of aryl methyl sites for hydroxylation is 2. The van der Waals surface area contributed by atoms with E-state index in [1.54, 1.807) is 11.3 Å². The zero-order chi connectivity index (χ0) is 11.1. The summed E-state index contributed by atoms with van der Waals surface area (Å²) >= 11 is 1.73. The van der Waals surface area contributed by atoms with Crippen LogP contribution in [-0.4, -0.2) is 5.11 Å². The third-order valence-corrected chi connectivity index (χ3v) is 4.30. The molecule has 0 fully saturated rings. The normalized spacial score (nSPS) is 30.8. The molecule has 1 aliphatic rings. The van der Waals surface area contributed by atoms with Crippen molar-refractivity contribution in [1.82, 2.24) is 0 Å². The molecule has 0 amide bonds. The van der Waals surface area contributed by atoms with Crippen molar-refractivity contribution in [3.05, 3.63) is 33.5 Å². The number of hydrogen-bond acceptors (Lipinski definition) is 2. The zero-order valence-corrected chi connectivity index (χ0v) is 10.4. The lowest BCUT2D eigenvalue weighted by atomic mass is 9.80. The summed E-state index contributed by atoms with van der Waals surface area (Å²) in [4.78, 5) is 1.24. The molecule has 0 bridgehead atoms. The lowest BCUT2D eigenvalue weighted by Gasteiger charge is -2.31. The second kappa shape index (κ2) is 3.76. The molecule has 1 heterocycles. The third-order valence-electron chi connectivity index (χ3n) is 3.27. The van der Waals surface area contributed by atoms with Crippen LogP contribution in [0.25, 0.3) is 0 Å². The Morgan fingerprint density at radius 3 is 2.67 bits per heavy atom. The molecule has 2 rings (SSSR count). The Morgan fingerprint density at radius 2 is 2.20 bits per heavy atom. The Kier molecular flexibility index (Phi) is 2.73. The standard InChI is InChI=1S/C13H18OS/c1-9-4-6-13(14,7-5-9)12-10(2)8-15-11(12)3/h4,6,8-9,14H,5,7H2,1-3H3. The molecule has 2 atom stereocenters. The average Bonchev–Trinajstić information content (AvgIpc) is 2.52. The van der Waals surface area contributed by atoms with E-state index in [9.17, 15) is 5.11 Å². The van der Waals surface area contributed by atoms with Crippen LogP contribution in [0.2, 0.25) is 0 Å². The molecule has 0 saturated carbocycles. The van der Waals surface area contributed by atoms with E-state index in [4.69, 9.17) is 0 Å². The van der Waals surface area contributed by atoms with E-state index in [1.807, 2.05) is 6.08 Å². The van der Waals surface area contributed by atoms with Gasteiger partial charge in [-0.25, -0.2) is 0 Å². The maximum atomic E-state index is 10.6. The summed E-state index contributed by atoms with van der Waals surface area (Å²) in [5.41, 5.74) is 1.65. The summed E-state index contributed by atoms with van der Waals surface area (Å²) in [6.45, 7) is 6.38. The van der Waals surface area contributed by atoms with Gasteiger partial charge >= 0.3 is 0 Å². The lowest BCUT2D eigenvalue weighted by molar-refractivity contribution is 0.0666. The average molecular weight is 222 g/mol. The van der Waals surface area contributed by atoms with Crippen molar-refractivity contribution in [2.24, 2.45) is 5.92 Å². The number of allylic oxidation sites excluding steroid dienone is 1. The Labute approximate surface area is 95.5 Å². The second-order valence-corrected chi connectivity index (χ2v) is 5.73. The van der Waals surface area contributed by atoms with Gasteiger partial charge in [-0.1, -0.05) is 19.1 Å². The minimum atomic E-state index is -0.708. The predicted molar refractivity (Wildman–Crippen MR) is 65.2 cm³/mol. The maximum Gasteiger partial charge on any atom is 0.109 e. The fourth-order valence-corrected chi connectivity index (χ4v) is 3.30. The Balaban J connectivity index is 2.42. The van der Waals surface area contributed by atoms with Crippen LogP contribution in [0, 0.1) is 19.8 Å². The fraction of sp³-hybridized carbons (Fsp3) is 0.538. The first kappa shape index (κ1) is 10.9. The molecule has 2 heteroatoms. The highest BCUT2D eigenvalue weighted by Crippen LogP contribution is 2.39. The molecule has 1 aromatic rings. The van der Waals surface area contributed by atoms with Crippen LogP contribution in [0.15, 0.2) is 17.5 Å². The molecule has 15 heavy (non-hydrogen) atoms. The molecular weight excluding hydrogens is 204 g/mol. The predicted octanol–water partition coefficient (Wildman–Crippen LogP) is 3.54. The number of hydrogen-bond donors (Lipinski definition) is 1. The summed E-state index contributed by atoms with van der Waals surface area (Å²) in [6.07, 6.45) is 6.05. The van der Waals surface area contributed by atoms with E-state index in [0.29, 0.717) is 5.92 Å². The first-order chi connectivity index (χ1) is 7.03. The molecule has 1 aromatic heterocycles. The number of thiophene rings is 1. The highest BCUT2D eigenvalue weighted by molar-refractivity contribution is 7.10. The van der Waals surface area contributed by atoms with E-state index < -0.39 is 5.60 Å².